The Morgan fingerprint density at radius 1 is 0.868 bits per heavy atom. The molecule has 0 saturated carbocycles. The molecule has 12 nitrogen and oxygen atoms in total. The van der Waals surface area contributed by atoms with Gasteiger partial charge in [-0.05, 0) is 42.9 Å². The first-order chi connectivity index (χ1) is 17.9. The third-order valence-electron chi connectivity index (χ3n) is 5.92. The van der Waals surface area contributed by atoms with Crippen LogP contribution < -0.4 is 15.2 Å². The summed E-state index contributed by atoms with van der Waals surface area (Å²) in [6, 6.07) is 2.70. The zero-order valence-electron chi connectivity index (χ0n) is 22.8. The third-order valence-corrected chi connectivity index (χ3v) is 5.92. The van der Waals surface area contributed by atoms with Gasteiger partial charge >= 0.3 is 24.4 Å². The zero-order valence-corrected chi connectivity index (χ0v) is 22.8. The van der Waals surface area contributed by atoms with E-state index < -0.39 is 42.5 Å². The average molecular weight is 542 g/mol. The molecule has 0 aromatic heterocycles. The van der Waals surface area contributed by atoms with Gasteiger partial charge in [-0.3, -0.25) is 4.79 Å². The van der Waals surface area contributed by atoms with Crippen molar-refractivity contribution in [1.29, 1.82) is 0 Å². The first kappa shape index (κ1) is 32.5. The van der Waals surface area contributed by atoms with Gasteiger partial charge in [-0.25, -0.2) is 14.4 Å². The predicted octanol–water partition coefficient (Wildman–Crippen LogP) is 4.87. The Morgan fingerprint density at radius 2 is 1.39 bits per heavy atom. The molecule has 0 fully saturated rings. The summed E-state index contributed by atoms with van der Waals surface area (Å²) in [5.74, 6) is -2.34. The largest absolute Gasteiger partial charge is 0.513 e. The molecule has 1 aromatic carbocycles. The maximum Gasteiger partial charge on any atom is 0.513 e. The summed E-state index contributed by atoms with van der Waals surface area (Å²) in [5.41, 5.74) is 6.27. The molecule has 4 unspecified atom stereocenters. The van der Waals surface area contributed by atoms with Crippen LogP contribution in [0.2, 0.25) is 0 Å². The van der Waals surface area contributed by atoms with Crippen molar-refractivity contribution in [3.05, 3.63) is 23.8 Å². The minimum atomic E-state index is -1.41. The number of methoxy groups -OCH3 is 1. The van der Waals surface area contributed by atoms with E-state index in [-0.39, 0.29) is 43.0 Å². The molecule has 1 aromatic rings. The number of hydrogen-bond acceptors (Lipinski definition) is 11. The van der Waals surface area contributed by atoms with Gasteiger partial charge in [-0.2, -0.15) is 0 Å². The van der Waals surface area contributed by atoms with E-state index in [1.807, 2.05) is 27.7 Å². The number of benzene rings is 1. The van der Waals surface area contributed by atoms with Crippen LogP contribution in [0.5, 0.6) is 11.5 Å². The van der Waals surface area contributed by atoms with Crippen molar-refractivity contribution < 1.29 is 52.7 Å². The van der Waals surface area contributed by atoms with E-state index in [4.69, 9.17) is 29.4 Å². The maximum absolute atomic E-state index is 12.4. The van der Waals surface area contributed by atoms with Gasteiger partial charge in [0.2, 0.25) is 0 Å². The van der Waals surface area contributed by atoms with Gasteiger partial charge in [0.25, 0.3) is 0 Å². The first-order valence-electron chi connectivity index (χ1n) is 12.5. The van der Waals surface area contributed by atoms with Crippen molar-refractivity contribution >= 4 is 24.4 Å². The first-order valence-corrected chi connectivity index (χ1v) is 12.5. The molecule has 0 spiro atoms. The Kier molecular flexibility index (Phi) is 14.0. The molecule has 0 aliphatic rings. The third kappa shape index (κ3) is 11.2. The molecule has 0 saturated heterocycles. The number of ether oxygens (including phenoxy) is 6. The summed E-state index contributed by atoms with van der Waals surface area (Å²) >= 11 is 0. The van der Waals surface area contributed by atoms with Crippen LogP contribution in [0.25, 0.3) is 0 Å². The van der Waals surface area contributed by atoms with Gasteiger partial charge in [0.15, 0.2) is 11.5 Å². The Labute approximate surface area is 222 Å². The molecule has 3 N–H and O–H groups in total. The minimum Gasteiger partial charge on any atom is -0.480 e. The van der Waals surface area contributed by atoms with Crippen molar-refractivity contribution in [2.45, 2.75) is 71.9 Å². The van der Waals surface area contributed by atoms with Crippen molar-refractivity contribution in [1.82, 2.24) is 0 Å². The SMILES string of the molecule is CCC(C)COC(=O)Oc1ccc(C(CC(C)OC(=O)OC)[C@H](N)C(=O)O)cc1OC(=O)OCC(C)CC. The monoisotopic (exact) mass is 541 g/mol. The van der Waals surface area contributed by atoms with Crippen LogP contribution in [0.15, 0.2) is 18.2 Å². The number of hydrogen-bond donors (Lipinski definition) is 2. The molecule has 5 atom stereocenters. The number of carboxylic acid groups (broad SMARTS) is 1. The lowest BCUT2D eigenvalue weighted by Gasteiger charge is -2.25. The molecule has 1 rings (SSSR count). The van der Waals surface area contributed by atoms with E-state index in [0.29, 0.717) is 5.56 Å². The van der Waals surface area contributed by atoms with Crippen LogP contribution in [-0.4, -0.2) is 62.0 Å². The highest BCUT2D eigenvalue weighted by Gasteiger charge is 2.30. The van der Waals surface area contributed by atoms with E-state index in [1.165, 1.54) is 18.2 Å². The summed E-state index contributed by atoms with van der Waals surface area (Å²) in [6.45, 7) is 9.48. The van der Waals surface area contributed by atoms with Gasteiger partial charge in [-0.1, -0.05) is 46.6 Å². The van der Waals surface area contributed by atoms with Crippen molar-refractivity contribution in [2.24, 2.45) is 17.6 Å². The van der Waals surface area contributed by atoms with Crippen LogP contribution >= 0.6 is 0 Å². The standard InChI is InChI=1S/C26H39NO11/c1-7-15(3)13-34-25(31)37-20-10-9-18(12-21(20)38-26(32)35-14-16(4)8-2)19(22(27)23(28)29)11-17(5)36-24(30)33-6/h9-10,12,15-17,19,22H,7-8,11,13-14,27H2,1-6H3,(H,28,29)/t15?,16?,17?,19?,22-/m0/s1. The van der Waals surface area contributed by atoms with Crippen molar-refractivity contribution in [2.75, 3.05) is 20.3 Å². The number of carboxylic acids is 1. The molecule has 12 heteroatoms. The maximum atomic E-state index is 12.4. The topological polar surface area (TPSA) is 170 Å². The summed E-state index contributed by atoms with van der Waals surface area (Å²) in [4.78, 5) is 47.8. The van der Waals surface area contributed by atoms with Crippen molar-refractivity contribution in [3.63, 3.8) is 0 Å². The normalized spacial score (nSPS) is 14.7. The van der Waals surface area contributed by atoms with Gasteiger partial charge < -0.3 is 39.3 Å². The van der Waals surface area contributed by atoms with Crippen LogP contribution in [0.4, 0.5) is 14.4 Å². The summed E-state index contributed by atoms with van der Waals surface area (Å²) < 4.78 is 30.4. The van der Waals surface area contributed by atoms with Crippen LogP contribution in [-0.2, 0) is 23.7 Å². The molecule has 0 heterocycles. The second kappa shape index (κ2) is 16.3. The van der Waals surface area contributed by atoms with E-state index in [2.05, 4.69) is 4.74 Å². The zero-order chi connectivity index (χ0) is 28.8. The van der Waals surface area contributed by atoms with Crippen molar-refractivity contribution in [3.8, 4) is 11.5 Å². The quantitative estimate of drug-likeness (QED) is 0.186. The predicted molar refractivity (Wildman–Crippen MR) is 135 cm³/mol. The molecule has 38 heavy (non-hydrogen) atoms. The lowest BCUT2D eigenvalue weighted by atomic mass is 9.87. The number of carbonyl (C=O) groups excluding carboxylic acids is 3. The smallest absolute Gasteiger partial charge is 0.480 e. The van der Waals surface area contributed by atoms with Crippen LogP contribution in [0.1, 0.15) is 65.4 Å². The van der Waals surface area contributed by atoms with Gasteiger partial charge in [0, 0.05) is 5.92 Å². The second-order valence-corrected chi connectivity index (χ2v) is 9.15. The molecule has 0 aliphatic carbocycles. The molecule has 214 valence electrons. The molecule has 0 aliphatic heterocycles. The van der Waals surface area contributed by atoms with E-state index >= 15 is 0 Å². The number of rotatable bonds is 14. The van der Waals surface area contributed by atoms with E-state index in [1.54, 1.807) is 6.92 Å². The molecular formula is C26H39NO11. The fourth-order valence-electron chi connectivity index (χ4n) is 3.09. The Bertz CT molecular complexity index is 936. The summed E-state index contributed by atoms with van der Waals surface area (Å²) in [5, 5.41) is 9.56. The molecule has 0 radical (unpaired) electrons. The lowest BCUT2D eigenvalue weighted by Crippen LogP contribution is -2.38. The Balaban J connectivity index is 3.30. The highest BCUT2D eigenvalue weighted by atomic mass is 16.7. The lowest BCUT2D eigenvalue weighted by molar-refractivity contribution is -0.139. The average Bonchev–Trinajstić information content (AvgIpc) is 2.89. The fraction of sp³-hybridized carbons (Fsp3) is 0.615. The molecular weight excluding hydrogens is 502 g/mol. The highest BCUT2D eigenvalue weighted by molar-refractivity contribution is 5.75. The Morgan fingerprint density at radius 3 is 1.87 bits per heavy atom. The van der Waals surface area contributed by atoms with Crippen LogP contribution in [0, 0.1) is 11.8 Å². The minimum absolute atomic E-state index is 0.00236. The fourth-order valence-corrected chi connectivity index (χ4v) is 3.09. The number of aliphatic carboxylic acids is 1. The van der Waals surface area contributed by atoms with E-state index in [0.717, 1.165) is 20.0 Å². The summed E-state index contributed by atoms with van der Waals surface area (Å²) in [7, 11) is 1.14. The number of carbonyl (C=O) groups is 4. The van der Waals surface area contributed by atoms with Gasteiger partial charge in [-0.15, -0.1) is 0 Å². The Hall–Kier alpha value is -3.54. The molecule has 0 bridgehead atoms. The highest BCUT2D eigenvalue weighted by Crippen LogP contribution is 2.35. The van der Waals surface area contributed by atoms with Gasteiger partial charge in [0.1, 0.15) is 12.1 Å². The van der Waals surface area contributed by atoms with Crippen LogP contribution in [0.3, 0.4) is 0 Å². The van der Waals surface area contributed by atoms with E-state index in [9.17, 15) is 24.3 Å². The second-order valence-electron chi connectivity index (χ2n) is 9.15. The van der Waals surface area contributed by atoms with Gasteiger partial charge in [0.05, 0.1) is 20.3 Å². The summed E-state index contributed by atoms with van der Waals surface area (Å²) in [6.07, 6.45) is -2.18. The number of nitrogens with two attached hydrogens (primary N) is 1. The molecule has 0 amide bonds.